The number of rotatable bonds is 4. The molecule has 0 bridgehead atoms. The van der Waals surface area contributed by atoms with Crippen LogP contribution in [0.4, 0.5) is 11.6 Å². The van der Waals surface area contributed by atoms with E-state index < -0.39 is 0 Å². The van der Waals surface area contributed by atoms with Crippen LogP contribution in [0.2, 0.25) is 0 Å². The third-order valence-electron chi connectivity index (χ3n) is 3.51. The van der Waals surface area contributed by atoms with E-state index in [2.05, 4.69) is 25.1 Å². The van der Waals surface area contributed by atoms with Gasteiger partial charge in [0.25, 0.3) is 0 Å². The molecule has 0 unspecified atom stereocenters. The molecule has 7 heteroatoms. The SMILES string of the molecule is COC(=O)c1ccc(Nc2ncc(C)c(-c3cnn(C)c3)n2)cc1. The predicted octanol–water partition coefficient (Wildman–Crippen LogP) is 2.72. The van der Waals surface area contributed by atoms with E-state index in [1.165, 1.54) is 7.11 Å². The van der Waals surface area contributed by atoms with E-state index in [1.807, 2.05) is 20.2 Å². The van der Waals surface area contributed by atoms with Crippen LogP contribution < -0.4 is 5.32 Å². The largest absolute Gasteiger partial charge is 0.465 e. The molecule has 0 aliphatic carbocycles. The van der Waals surface area contributed by atoms with Crippen LogP contribution in [-0.2, 0) is 11.8 Å². The number of anilines is 2. The number of benzene rings is 1. The molecule has 0 atom stereocenters. The summed E-state index contributed by atoms with van der Waals surface area (Å²) in [5.74, 6) is 0.109. The molecule has 0 amide bonds. The third-order valence-corrected chi connectivity index (χ3v) is 3.51. The average Bonchev–Trinajstić information content (AvgIpc) is 3.03. The maximum atomic E-state index is 11.4. The lowest BCUT2D eigenvalue weighted by Crippen LogP contribution is -2.02. The lowest BCUT2D eigenvalue weighted by Gasteiger charge is -2.08. The Bertz CT molecular complexity index is 871. The van der Waals surface area contributed by atoms with Crippen molar-refractivity contribution in [3.05, 3.63) is 54.0 Å². The summed E-state index contributed by atoms with van der Waals surface area (Å²) in [6.07, 6.45) is 5.44. The predicted molar refractivity (Wildman–Crippen MR) is 90.0 cm³/mol. The second kappa shape index (κ2) is 6.49. The van der Waals surface area contributed by atoms with Crippen molar-refractivity contribution < 1.29 is 9.53 Å². The average molecular weight is 323 g/mol. The summed E-state index contributed by atoms with van der Waals surface area (Å²) < 4.78 is 6.41. The Hall–Kier alpha value is -3.22. The molecule has 0 spiro atoms. The first-order valence-electron chi connectivity index (χ1n) is 7.35. The molecule has 7 nitrogen and oxygen atoms in total. The number of carbonyl (C=O) groups excluding carboxylic acids is 1. The molecule has 0 radical (unpaired) electrons. The maximum absolute atomic E-state index is 11.4. The van der Waals surface area contributed by atoms with E-state index in [9.17, 15) is 4.79 Å². The van der Waals surface area contributed by atoms with Crippen LogP contribution in [0.25, 0.3) is 11.3 Å². The standard InChI is InChI=1S/C17H17N5O2/c1-11-8-18-17(21-15(11)13-9-19-22(2)10-13)20-14-6-4-12(5-7-14)16(23)24-3/h4-10H,1-3H3,(H,18,20,21). The highest BCUT2D eigenvalue weighted by atomic mass is 16.5. The molecule has 0 fully saturated rings. The van der Waals surface area contributed by atoms with Crippen LogP contribution in [0.3, 0.4) is 0 Å². The Kier molecular flexibility index (Phi) is 4.24. The molecule has 24 heavy (non-hydrogen) atoms. The zero-order valence-corrected chi connectivity index (χ0v) is 13.6. The molecule has 2 aromatic heterocycles. The monoisotopic (exact) mass is 323 g/mol. The third kappa shape index (κ3) is 3.24. The van der Waals surface area contributed by atoms with Crippen LogP contribution in [0, 0.1) is 6.92 Å². The van der Waals surface area contributed by atoms with Crippen LogP contribution in [0.1, 0.15) is 15.9 Å². The Morgan fingerprint density at radius 1 is 1.21 bits per heavy atom. The topological polar surface area (TPSA) is 81.9 Å². The van der Waals surface area contributed by atoms with Crippen molar-refractivity contribution in [3.8, 4) is 11.3 Å². The summed E-state index contributed by atoms with van der Waals surface area (Å²) >= 11 is 0. The molecular formula is C17H17N5O2. The number of hydrogen-bond acceptors (Lipinski definition) is 6. The van der Waals surface area contributed by atoms with Gasteiger partial charge >= 0.3 is 5.97 Å². The first-order valence-corrected chi connectivity index (χ1v) is 7.35. The van der Waals surface area contributed by atoms with Crippen molar-refractivity contribution >= 4 is 17.6 Å². The van der Waals surface area contributed by atoms with E-state index in [1.54, 1.807) is 41.3 Å². The molecule has 3 rings (SSSR count). The maximum Gasteiger partial charge on any atom is 0.337 e. The van der Waals surface area contributed by atoms with Crippen LogP contribution >= 0.6 is 0 Å². The fourth-order valence-electron chi connectivity index (χ4n) is 2.27. The van der Waals surface area contributed by atoms with E-state index >= 15 is 0 Å². The highest BCUT2D eigenvalue weighted by Gasteiger charge is 2.09. The summed E-state index contributed by atoms with van der Waals surface area (Å²) in [5.41, 5.74) is 4.00. The van der Waals surface area contributed by atoms with E-state index in [0.29, 0.717) is 11.5 Å². The summed E-state index contributed by atoms with van der Waals surface area (Å²) in [4.78, 5) is 20.3. The lowest BCUT2D eigenvalue weighted by molar-refractivity contribution is 0.0601. The number of aryl methyl sites for hydroxylation is 2. The van der Waals surface area contributed by atoms with Crippen molar-refractivity contribution in [2.45, 2.75) is 6.92 Å². The molecule has 2 heterocycles. The number of aromatic nitrogens is 4. The highest BCUT2D eigenvalue weighted by Crippen LogP contribution is 2.22. The summed E-state index contributed by atoms with van der Waals surface area (Å²) in [7, 11) is 3.22. The molecule has 3 aromatic rings. The molecule has 122 valence electrons. The first kappa shape index (κ1) is 15.7. The van der Waals surface area contributed by atoms with E-state index in [4.69, 9.17) is 0 Å². The Labute approximate surface area is 139 Å². The van der Waals surface area contributed by atoms with Gasteiger partial charge in [-0.2, -0.15) is 5.10 Å². The van der Waals surface area contributed by atoms with Crippen LogP contribution in [0.15, 0.2) is 42.9 Å². The Morgan fingerprint density at radius 3 is 2.58 bits per heavy atom. The minimum absolute atomic E-state index is 0.369. The van der Waals surface area contributed by atoms with Crippen molar-refractivity contribution in [3.63, 3.8) is 0 Å². The molecule has 1 aromatic carbocycles. The van der Waals surface area contributed by atoms with Gasteiger partial charge in [0.2, 0.25) is 5.95 Å². The van der Waals surface area contributed by atoms with Gasteiger partial charge in [0.1, 0.15) is 0 Å². The second-order valence-electron chi connectivity index (χ2n) is 5.32. The molecule has 1 N–H and O–H groups in total. The van der Waals surface area contributed by atoms with Gasteiger partial charge in [-0.05, 0) is 36.8 Å². The molecular weight excluding hydrogens is 306 g/mol. The van der Waals surface area contributed by atoms with Crippen molar-refractivity contribution in [2.24, 2.45) is 7.05 Å². The van der Waals surface area contributed by atoms with Gasteiger partial charge in [0.15, 0.2) is 0 Å². The number of nitrogens with zero attached hydrogens (tertiary/aromatic N) is 4. The van der Waals surface area contributed by atoms with Gasteiger partial charge in [0, 0.05) is 30.7 Å². The van der Waals surface area contributed by atoms with Gasteiger partial charge in [-0.3, -0.25) is 4.68 Å². The number of esters is 1. The number of nitrogens with one attached hydrogen (secondary N) is 1. The van der Waals surface area contributed by atoms with Gasteiger partial charge in [-0.1, -0.05) is 0 Å². The van der Waals surface area contributed by atoms with Crippen molar-refractivity contribution in [1.82, 2.24) is 19.7 Å². The number of ether oxygens (including phenoxy) is 1. The molecule has 0 saturated carbocycles. The van der Waals surface area contributed by atoms with Crippen LogP contribution in [0.5, 0.6) is 0 Å². The Balaban J connectivity index is 1.84. The van der Waals surface area contributed by atoms with Crippen molar-refractivity contribution in [1.29, 1.82) is 0 Å². The zero-order chi connectivity index (χ0) is 17.1. The number of carbonyl (C=O) groups is 1. The Morgan fingerprint density at radius 2 is 1.96 bits per heavy atom. The first-order chi connectivity index (χ1) is 11.6. The minimum atomic E-state index is -0.369. The van der Waals surface area contributed by atoms with Gasteiger partial charge in [0.05, 0.1) is 24.6 Å². The quantitative estimate of drug-likeness (QED) is 0.743. The van der Waals surface area contributed by atoms with Crippen molar-refractivity contribution in [2.75, 3.05) is 12.4 Å². The van der Waals surface area contributed by atoms with Gasteiger partial charge in [-0.25, -0.2) is 14.8 Å². The van der Waals surface area contributed by atoms with Gasteiger partial charge in [-0.15, -0.1) is 0 Å². The summed E-state index contributed by atoms with van der Waals surface area (Å²) in [6, 6.07) is 6.92. The smallest absolute Gasteiger partial charge is 0.337 e. The molecule has 0 aliphatic rings. The van der Waals surface area contributed by atoms with E-state index in [0.717, 1.165) is 22.5 Å². The number of hydrogen-bond donors (Lipinski definition) is 1. The molecule has 0 aliphatic heterocycles. The summed E-state index contributed by atoms with van der Waals surface area (Å²) in [5, 5.41) is 7.30. The fraction of sp³-hybridized carbons (Fsp3) is 0.176. The zero-order valence-electron chi connectivity index (χ0n) is 13.6. The lowest BCUT2D eigenvalue weighted by atomic mass is 10.1. The minimum Gasteiger partial charge on any atom is -0.465 e. The summed E-state index contributed by atoms with van der Waals surface area (Å²) in [6.45, 7) is 1.96. The van der Waals surface area contributed by atoms with Crippen LogP contribution in [-0.4, -0.2) is 32.8 Å². The fourth-order valence-corrected chi connectivity index (χ4v) is 2.27. The van der Waals surface area contributed by atoms with Gasteiger partial charge < -0.3 is 10.1 Å². The van der Waals surface area contributed by atoms with E-state index in [-0.39, 0.29) is 5.97 Å². The number of methoxy groups -OCH3 is 1. The normalized spacial score (nSPS) is 10.5. The molecule has 0 saturated heterocycles. The second-order valence-corrected chi connectivity index (χ2v) is 5.32. The highest BCUT2D eigenvalue weighted by molar-refractivity contribution is 5.89.